The van der Waals surface area contributed by atoms with Crippen molar-refractivity contribution in [3.63, 3.8) is 0 Å². The molecule has 0 aliphatic rings. The van der Waals surface area contributed by atoms with Crippen molar-refractivity contribution in [1.29, 1.82) is 0 Å². The van der Waals surface area contributed by atoms with Crippen molar-refractivity contribution in [2.45, 2.75) is 26.8 Å². The van der Waals surface area contributed by atoms with Crippen molar-refractivity contribution in [1.82, 2.24) is 4.98 Å². The van der Waals surface area contributed by atoms with E-state index in [1.807, 2.05) is 24.3 Å². The van der Waals surface area contributed by atoms with Gasteiger partial charge in [0.15, 0.2) is 5.75 Å². The fraction of sp³-hybridized carbons (Fsp3) is 0.357. The number of hydrogen-bond donors (Lipinski definition) is 1. The summed E-state index contributed by atoms with van der Waals surface area (Å²) in [6.07, 6.45) is 1.75. The fourth-order valence-electron chi connectivity index (χ4n) is 1.81. The van der Waals surface area contributed by atoms with Gasteiger partial charge in [-0.05, 0) is 39.0 Å². The second-order valence-electron chi connectivity index (χ2n) is 4.34. The molecule has 0 bridgehead atoms. The van der Waals surface area contributed by atoms with Gasteiger partial charge in [0.1, 0.15) is 0 Å². The van der Waals surface area contributed by atoms with Crippen molar-refractivity contribution < 1.29 is 4.74 Å². The zero-order valence-electron chi connectivity index (χ0n) is 11.2. The first-order chi connectivity index (χ1) is 8.60. The fourth-order valence-corrected chi connectivity index (χ4v) is 2.69. The van der Waals surface area contributed by atoms with Crippen LogP contribution in [-0.2, 0) is 0 Å². The van der Waals surface area contributed by atoms with Gasteiger partial charge in [-0.3, -0.25) is 4.98 Å². The van der Waals surface area contributed by atoms with Gasteiger partial charge in [0.25, 0.3) is 0 Å². The highest BCUT2D eigenvalue weighted by atomic mass is 32.1. The number of hydrogen-bond acceptors (Lipinski definition) is 4. The van der Waals surface area contributed by atoms with Crippen LogP contribution in [0.2, 0.25) is 0 Å². The smallest absolute Gasteiger partial charge is 0.160 e. The lowest BCUT2D eigenvalue weighted by Gasteiger charge is -2.16. The maximum absolute atomic E-state index is 5.32. The van der Waals surface area contributed by atoms with Crippen LogP contribution in [0.4, 0.5) is 5.69 Å². The Morgan fingerprint density at radius 3 is 2.72 bits per heavy atom. The molecule has 0 saturated heterocycles. The van der Waals surface area contributed by atoms with Gasteiger partial charge in [0.05, 0.1) is 25.0 Å². The molecule has 1 unspecified atom stereocenters. The molecule has 2 rings (SSSR count). The third-order valence-corrected chi connectivity index (χ3v) is 3.97. The minimum atomic E-state index is 0.263. The van der Waals surface area contributed by atoms with E-state index in [2.05, 4.69) is 36.3 Å². The molecule has 3 nitrogen and oxygen atoms in total. The highest BCUT2D eigenvalue weighted by molar-refractivity contribution is 7.12. The zero-order valence-corrected chi connectivity index (χ0v) is 12.0. The normalized spacial score (nSPS) is 12.2. The van der Waals surface area contributed by atoms with Crippen LogP contribution >= 0.6 is 11.3 Å². The highest BCUT2D eigenvalue weighted by Crippen LogP contribution is 2.30. The van der Waals surface area contributed by atoms with Crippen LogP contribution in [0, 0.1) is 13.8 Å². The monoisotopic (exact) mass is 262 g/mol. The quantitative estimate of drug-likeness (QED) is 0.906. The number of aromatic nitrogens is 1. The first kappa shape index (κ1) is 12.9. The minimum Gasteiger partial charge on any atom is -0.493 e. The first-order valence-corrected chi connectivity index (χ1v) is 6.75. The van der Waals surface area contributed by atoms with E-state index in [0.717, 1.165) is 17.1 Å². The molecule has 0 saturated carbocycles. The Labute approximate surface area is 112 Å². The molecular weight excluding hydrogens is 244 g/mol. The van der Waals surface area contributed by atoms with Crippen molar-refractivity contribution in [3.05, 3.63) is 39.8 Å². The standard InChI is InChI=1S/C14H18N2OS/c1-9-7-12(13(17-4)8-15-9)16-11(3)14-6-5-10(2)18-14/h5-8,11H,1-4H3,(H,15,16). The molecule has 1 atom stereocenters. The second kappa shape index (κ2) is 5.40. The summed E-state index contributed by atoms with van der Waals surface area (Å²) < 4.78 is 5.32. The maximum atomic E-state index is 5.32. The molecule has 4 heteroatoms. The van der Waals surface area contributed by atoms with E-state index in [-0.39, 0.29) is 6.04 Å². The molecule has 0 aromatic carbocycles. The van der Waals surface area contributed by atoms with Gasteiger partial charge in [-0.15, -0.1) is 11.3 Å². The van der Waals surface area contributed by atoms with Crippen LogP contribution in [-0.4, -0.2) is 12.1 Å². The highest BCUT2D eigenvalue weighted by Gasteiger charge is 2.11. The summed E-state index contributed by atoms with van der Waals surface area (Å²) in [5, 5.41) is 3.48. The Kier molecular flexibility index (Phi) is 3.87. The molecule has 0 spiro atoms. The Morgan fingerprint density at radius 1 is 1.33 bits per heavy atom. The largest absolute Gasteiger partial charge is 0.493 e. The number of nitrogens with zero attached hydrogens (tertiary/aromatic N) is 1. The molecule has 2 aromatic heterocycles. The summed E-state index contributed by atoms with van der Waals surface area (Å²) in [5.41, 5.74) is 1.97. The molecule has 0 amide bonds. The van der Waals surface area contributed by atoms with E-state index < -0.39 is 0 Å². The van der Waals surface area contributed by atoms with Crippen LogP contribution in [0.25, 0.3) is 0 Å². The third kappa shape index (κ3) is 2.82. The summed E-state index contributed by atoms with van der Waals surface area (Å²) in [4.78, 5) is 6.89. The van der Waals surface area contributed by atoms with E-state index in [0.29, 0.717) is 0 Å². The van der Waals surface area contributed by atoms with Gasteiger partial charge in [0.2, 0.25) is 0 Å². The number of aryl methyl sites for hydroxylation is 2. The number of ether oxygens (including phenoxy) is 1. The number of anilines is 1. The van der Waals surface area contributed by atoms with Gasteiger partial charge < -0.3 is 10.1 Å². The molecule has 0 fully saturated rings. The van der Waals surface area contributed by atoms with E-state index >= 15 is 0 Å². The van der Waals surface area contributed by atoms with Crippen LogP contribution in [0.3, 0.4) is 0 Å². The molecule has 0 aliphatic carbocycles. The maximum Gasteiger partial charge on any atom is 0.160 e. The Bertz CT molecular complexity index is 536. The molecule has 18 heavy (non-hydrogen) atoms. The van der Waals surface area contributed by atoms with Gasteiger partial charge in [-0.1, -0.05) is 0 Å². The SMILES string of the molecule is COc1cnc(C)cc1NC(C)c1ccc(C)s1. The lowest BCUT2D eigenvalue weighted by atomic mass is 10.2. The Morgan fingerprint density at radius 2 is 2.11 bits per heavy atom. The number of rotatable bonds is 4. The average Bonchev–Trinajstić information content (AvgIpc) is 2.76. The third-order valence-electron chi connectivity index (χ3n) is 2.78. The lowest BCUT2D eigenvalue weighted by Crippen LogP contribution is -2.06. The first-order valence-electron chi connectivity index (χ1n) is 5.93. The predicted molar refractivity (Wildman–Crippen MR) is 76.6 cm³/mol. The Balaban J connectivity index is 2.20. The molecule has 0 radical (unpaired) electrons. The van der Waals surface area contributed by atoms with Gasteiger partial charge in [0, 0.05) is 15.4 Å². The minimum absolute atomic E-state index is 0.263. The van der Waals surface area contributed by atoms with Crippen LogP contribution < -0.4 is 10.1 Å². The summed E-state index contributed by atoms with van der Waals surface area (Å²) in [7, 11) is 1.66. The lowest BCUT2D eigenvalue weighted by molar-refractivity contribution is 0.414. The number of pyridine rings is 1. The topological polar surface area (TPSA) is 34.1 Å². The molecule has 1 N–H and O–H groups in total. The number of thiophene rings is 1. The summed E-state index contributed by atoms with van der Waals surface area (Å²) in [6, 6.07) is 6.58. The zero-order chi connectivity index (χ0) is 13.1. The van der Waals surface area contributed by atoms with Crippen molar-refractivity contribution in [2.75, 3.05) is 12.4 Å². The molecule has 2 aromatic rings. The van der Waals surface area contributed by atoms with Gasteiger partial charge >= 0.3 is 0 Å². The van der Waals surface area contributed by atoms with E-state index in [9.17, 15) is 0 Å². The van der Waals surface area contributed by atoms with Crippen LogP contribution in [0.1, 0.15) is 28.4 Å². The summed E-state index contributed by atoms with van der Waals surface area (Å²) in [6.45, 7) is 6.25. The van der Waals surface area contributed by atoms with Crippen LogP contribution in [0.15, 0.2) is 24.4 Å². The van der Waals surface area contributed by atoms with E-state index in [4.69, 9.17) is 4.74 Å². The van der Waals surface area contributed by atoms with Gasteiger partial charge in [-0.2, -0.15) is 0 Å². The Hall–Kier alpha value is -1.55. The van der Waals surface area contributed by atoms with Crippen molar-refractivity contribution in [2.24, 2.45) is 0 Å². The predicted octanol–water partition coefficient (Wildman–Crippen LogP) is 3.94. The number of methoxy groups -OCH3 is 1. The molecule has 0 aliphatic heterocycles. The van der Waals surface area contributed by atoms with Crippen molar-refractivity contribution in [3.8, 4) is 5.75 Å². The van der Waals surface area contributed by atoms with E-state index in [1.54, 1.807) is 13.3 Å². The molecular formula is C14H18N2OS. The van der Waals surface area contributed by atoms with Gasteiger partial charge in [-0.25, -0.2) is 0 Å². The summed E-state index contributed by atoms with van der Waals surface area (Å²) >= 11 is 1.81. The second-order valence-corrected chi connectivity index (χ2v) is 5.66. The molecule has 96 valence electrons. The number of nitrogens with one attached hydrogen (secondary N) is 1. The average molecular weight is 262 g/mol. The molecule has 2 heterocycles. The summed E-state index contributed by atoms with van der Waals surface area (Å²) in [5.74, 6) is 0.778. The van der Waals surface area contributed by atoms with Crippen molar-refractivity contribution >= 4 is 17.0 Å². The van der Waals surface area contributed by atoms with E-state index in [1.165, 1.54) is 9.75 Å². The van der Waals surface area contributed by atoms with Crippen LogP contribution in [0.5, 0.6) is 5.75 Å².